The molecule has 15 heavy (non-hydrogen) atoms. The summed E-state index contributed by atoms with van der Waals surface area (Å²) in [6.07, 6.45) is 1.17. The first kappa shape index (κ1) is 10.7. The number of benzene rings is 1. The molecule has 1 N–H and O–H groups in total. The molecule has 1 aromatic carbocycles. The maximum absolute atomic E-state index is 9.29. The standard InChI is InChI=1S/C14H20O/c1-10-5-4-6-12(7-10)11(2)13-8-14(13,3)9-15/h4-7,11,13,15H,8-9H2,1-3H3/t11-,13+,14+/m1/s1. The van der Waals surface area contributed by atoms with Gasteiger partial charge in [0.2, 0.25) is 0 Å². The Balaban J connectivity index is 2.13. The van der Waals surface area contributed by atoms with Gasteiger partial charge in [0.15, 0.2) is 0 Å². The van der Waals surface area contributed by atoms with E-state index in [1.54, 1.807) is 0 Å². The van der Waals surface area contributed by atoms with Crippen molar-refractivity contribution >= 4 is 0 Å². The minimum Gasteiger partial charge on any atom is -0.396 e. The van der Waals surface area contributed by atoms with Crippen molar-refractivity contribution in [2.24, 2.45) is 11.3 Å². The maximum Gasteiger partial charge on any atom is 0.0487 e. The summed E-state index contributed by atoms with van der Waals surface area (Å²) in [5.74, 6) is 1.23. The molecule has 1 heteroatoms. The molecule has 1 aliphatic rings. The summed E-state index contributed by atoms with van der Waals surface area (Å²) < 4.78 is 0. The Bertz CT molecular complexity index is 358. The van der Waals surface area contributed by atoms with Crippen LogP contribution < -0.4 is 0 Å². The van der Waals surface area contributed by atoms with Gasteiger partial charge in [-0.25, -0.2) is 0 Å². The average molecular weight is 204 g/mol. The number of aliphatic hydroxyl groups is 1. The number of rotatable bonds is 3. The summed E-state index contributed by atoms with van der Waals surface area (Å²) in [5.41, 5.74) is 2.92. The van der Waals surface area contributed by atoms with Gasteiger partial charge in [-0.05, 0) is 36.2 Å². The molecular formula is C14H20O. The van der Waals surface area contributed by atoms with E-state index < -0.39 is 0 Å². The number of aryl methyl sites for hydroxylation is 1. The number of hydrogen-bond donors (Lipinski definition) is 1. The zero-order valence-electron chi connectivity index (χ0n) is 9.83. The molecule has 2 rings (SSSR count). The van der Waals surface area contributed by atoms with Gasteiger partial charge in [-0.1, -0.05) is 43.7 Å². The first-order valence-electron chi connectivity index (χ1n) is 5.74. The molecule has 1 aliphatic carbocycles. The lowest BCUT2D eigenvalue weighted by Crippen LogP contribution is -2.08. The third-order valence-electron chi connectivity index (χ3n) is 3.95. The van der Waals surface area contributed by atoms with Gasteiger partial charge in [-0.2, -0.15) is 0 Å². The normalized spacial score (nSPS) is 31.3. The molecular weight excluding hydrogens is 184 g/mol. The van der Waals surface area contributed by atoms with E-state index in [1.165, 1.54) is 17.5 Å². The van der Waals surface area contributed by atoms with Crippen molar-refractivity contribution in [2.75, 3.05) is 6.61 Å². The molecule has 82 valence electrons. The molecule has 0 aliphatic heterocycles. The lowest BCUT2D eigenvalue weighted by Gasteiger charge is -2.15. The van der Waals surface area contributed by atoms with Gasteiger partial charge in [-0.3, -0.25) is 0 Å². The molecule has 1 aromatic rings. The van der Waals surface area contributed by atoms with E-state index in [4.69, 9.17) is 0 Å². The Morgan fingerprint density at radius 2 is 2.27 bits per heavy atom. The average Bonchev–Trinajstić information content (AvgIpc) is 2.91. The van der Waals surface area contributed by atoms with E-state index in [2.05, 4.69) is 45.0 Å². The summed E-state index contributed by atoms with van der Waals surface area (Å²) in [6, 6.07) is 8.72. The van der Waals surface area contributed by atoms with E-state index in [0.717, 1.165) is 0 Å². The minimum atomic E-state index is 0.184. The third-order valence-corrected chi connectivity index (χ3v) is 3.95. The van der Waals surface area contributed by atoms with Crippen molar-refractivity contribution < 1.29 is 5.11 Å². The fraction of sp³-hybridized carbons (Fsp3) is 0.571. The van der Waals surface area contributed by atoms with E-state index in [1.807, 2.05) is 0 Å². The van der Waals surface area contributed by atoms with Gasteiger partial charge >= 0.3 is 0 Å². The highest BCUT2D eigenvalue weighted by molar-refractivity contribution is 5.27. The highest BCUT2D eigenvalue weighted by Crippen LogP contribution is 2.58. The van der Waals surface area contributed by atoms with Crippen LogP contribution in [0.15, 0.2) is 24.3 Å². The molecule has 1 fully saturated rings. The van der Waals surface area contributed by atoms with Crippen LogP contribution in [-0.2, 0) is 0 Å². The Labute approximate surface area is 92.1 Å². The van der Waals surface area contributed by atoms with Crippen LogP contribution in [0.3, 0.4) is 0 Å². The Kier molecular flexibility index (Phi) is 2.59. The SMILES string of the molecule is Cc1cccc([C@@H](C)[C@@H]2C[C@@]2(C)CO)c1. The van der Waals surface area contributed by atoms with Crippen LogP contribution in [-0.4, -0.2) is 11.7 Å². The smallest absolute Gasteiger partial charge is 0.0487 e. The fourth-order valence-corrected chi connectivity index (χ4v) is 2.59. The molecule has 0 unspecified atom stereocenters. The molecule has 1 nitrogen and oxygen atoms in total. The van der Waals surface area contributed by atoms with E-state index in [9.17, 15) is 5.11 Å². The van der Waals surface area contributed by atoms with Crippen LogP contribution in [0.1, 0.15) is 37.3 Å². The van der Waals surface area contributed by atoms with Crippen molar-refractivity contribution in [3.05, 3.63) is 35.4 Å². The second kappa shape index (κ2) is 3.64. The topological polar surface area (TPSA) is 20.2 Å². The Morgan fingerprint density at radius 1 is 1.53 bits per heavy atom. The highest BCUT2D eigenvalue weighted by atomic mass is 16.3. The Morgan fingerprint density at radius 3 is 2.80 bits per heavy atom. The van der Waals surface area contributed by atoms with Crippen molar-refractivity contribution in [2.45, 2.75) is 33.1 Å². The quantitative estimate of drug-likeness (QED) is 0.802. The van der Waals surface area contributed by atoms with Crippen LogP contribution in [0, 0.1) is 18.3 Å². The zero-order valence-corrected chi connectivity index (χ0v) is 9.83. The third kappa shape index (κ3) is 1.93. The predicted molar refractivity (Wildman–Crippen MR) is 62.9 cm³/mol. The van der Waals surface area contributed by atoms with Crippen LogP contribution in [0.2, 0.25) is 0 Å². The van der Waals surface area contributed by atoms with Gasteiger partial charge in [0, 0.05) is 6.61 Å². The first-order valence-corrected chi connectivity index (χ1v) is 5.74. The molecule has 0 bridgehead atoms. The molecule has 0 heterocycles. The van der Waals surface area contributed by atoms with E-state index in [-0.39, 0.29) is 5.41 Å². The van der Waals surface area contributed by atoms with Crippen LogP contribution in [0.5, 0.6) is 0 Å². The van der Waals surface area contributed by atoms with E-state index >= 15 is 0 Å². The summed E-state index contributed by atoms with van der Waals surface area (Å²) in [4.78, 5) is 0. The van der Waals surface area contributed by atoms with Crippen molar-refractivity contribution in [1.29, 1.82) is 0 Å². The molecule has 0 amide bonds. The fourth-order valence-electron chi connectivity index (χ4n) is 2.59. The molecule has 1 saturated carbocycles. The first-order chi connectivity index (χ1) is 7.07. The summed E-state index contributed by atoms with van der Waals surface area (Å²) in [5, 5.41) is 9.29. The van der Waals surface area contributed by atoms with Gasteiger partial charge < -0.3 is 5.11 Å². The lowest BCUT2D eigenvalue weighted by atomic mass is 9.91. The van der Waals surface area contributed by atoms with Gasteiger partial charge in [0.1, 0.15) is 0 Å². The molecule has 3 atom stereocenters. The van der Waals surface area contributed by atoms with Crippen LogP contribution >= 0.6 is 0 Å². The predicted octanol–water partition coefficient (Wildman–Crippen LogP) is 3.12. The monoisotopic (exact) mass is 204 g/mol. The minimum absolute atomic E-state index is 0.184. The largest absolute Gasteiger partial charge is 0.396 e. The van der Waals surface area contributed by atoms with Gasteiger partial charge in [0.05, 0.1) is 0 Å². The van der Waals surface area contributed by atoms with Crippen LogP contribution in [0.4, 0.5) is 0 Å². The van der Waals surface area contributed by atoms with Crippen LogP contribution in [0.25, 0.3) is 0 Å². The molecule has 0 spiro atoms. The number of hydrogen-bond acceptors (Lipinski definition) is 1. The highest BCUT2D eigenvalue weighted by Gasteiger charge is 2.52. The maximum atomic E-state index is 9.29. The number of aliphatic hydroxyl groups excluding tert-OH is 1. The Hall–Kier alpha value is -0.820. The zero-order chi connectivity index (χ0) is 11.1. The van der Waals surface area contributed by atoms with Gasteiger partial charge in [-0.15, -0.1) is 0 Å². The molecule has 0 saturated heterocycles. The molecule has 0 aromatic heterocycles. The van der Waals surface area contributed by atoms with Crippen molar-refractivity contribution in [3.8, 4) is 0 Å². The molecule has 0 radical (unpaired) electrons. The summed E-state index contributed by atoms with van der Waals surface area (Å²) >= 11 is 0. The summed E-state index contributed by atoms with van der Waals surface area (Å²) in [6.45, 7) is 6.92. The van der Waals surface area contributed by atoms with Crippen molar-refractivity contribution in [1.82, 2.24) is 0 Å². The second-order valence-corrected chi connectivity index (χ2v) is 5.33. The van der Waals surface area contributed by atoms with Crippen molar-refractivity contribution in [3.63, 3.8) is 0 Å². The lowest BCUT2D eigenvalue weighted by molar-refractivity contribution is 0.207. The summed E-state index contributed by atoms with van der Waals surface area (Å²) in [7, 11) is 0. The van der Waals surface area contributed by atoms with E-state index in [0.29, 0.717) is 18.4 Å². The van der Waals surface area contributed by atoms with Gasteiger partial charge in [0.25, 0.3) is 0 Å². The second-order valence-electron chi connectivity index (χ2n) is 5.33.